The van der Waals surface area contributed by atoms with Crippen LogP contribution in [0.25, 0.3) is 0 Å². The van der Waals surface area contributed by atoms with Crippen molar-refractivity contribution in [1.82, 2.24) is 4.98 Å². The maximum atomic E-state index is 12.9. The van der Waals surface area contributed by atoms with E-state index in [1.165, 1.54) is 23.1 Å². The van der Waals surface area contributed by atoms with E-state index in [1.807, 2.05) is 36.4 Å². The molecule has 0 radical (unpaired) electrons. The van der Waals surface area contributed by atoms with Gasteiger partial charge in [0.15, 0.2) is 5.13 Å². The number of hydrogen-bond acceptors (Lipinski definition) is 6. The lowest BCUT2D eigenvalue weighted by Crippen LogP contribution is -2.18. The average molecular weight is 440 g/mol. The van der Waals surface area contributed by atoms with Crippen molar-refractivity contribution in [2.75, 3.05) is 10.6 Å². The standard InChI is InChI=1S/C21H17N3O4S2/c25-17(9-10-18(26)27)23-15-7-4-8-16(13-15)30-19(14-5-2-1-3-6-14)20(28)24-21-22-11-12-29-21/h1-13,19H,(H,23,25)(H,26,27)(H,22,24,28)/b10-9+. The third kappa shape index (κ3) is 6.29. The van der Waals surface area contributed by atoms with E-state index >= 15 is 0 Å². The van der Waals surface area contributed by atoms with E-state index in [1.54, 1.807) is 29.8 Å². The first kappa shape index (κ1) is 21.3. The summed E-state index contributed by atoms with van der Waals surface area (Å²) >= 11 is 2.67. The molecule has 9 heteroatoms. The minimum atomic E-state index is -1.20. The molecule has 7 nitrogen and oxygen atoms in total. The van der Waals surface area contributed by atoms with E-state index in [2.05, 4.69) is 15.6 Å². The molecule has 1 atom stereocenters. The van der Waals surface area contributed by atoms with Crippen molar-refractivity contribution in [3.8, 4) is 0 Å². The Morgan fingerprint density at radius 1 is 1.03 bits per heavy atom. The van der Waals surface area contributed by atoms with Crippen molar-refractivity contribution >= 4 is 51.7 Å². The number of aromatic nitrogens is 1. The normalized spacial score (nSPS) is 11.7. The molecule has 0 aliphatic carbocycles. The fraction of sp³-hybridized carbons (Fsp3) is 0.0476. The highest BCUT2D eigenvalue weighted by atomic mass is 32.2. The van der Waals surface area contributed by atoms with Gasteiger partial charge < -0.3 is 15.7 Å². The lowest BCUT2D eigenvalue weighted by Gasteiger charge is -2.16. The number of carbonyl (C=O) groups excluding carboxylic acids is 2. The fourth-order valence-electron chi connectivity index (χ4n) is 2.47. The molecule has 30 heavy (non-hydrogen) atoms. The summed E-state index contributed by atoms with van der Waals surface area (Å²) in [6.07, 6.45) is 3.33. The lowest BCUT2D eigenvalue weighted by molar-refractivity contribution is -0.131. The summed E-state index contributed by atoms with van der Waals surface area (Å²) < 4.78 is 0. The average Bonchev–Trinajstić information content (AvgIpc) is 3.24. The van der Waals surface area contributed by atoms with E-state index in [0.717, 1.165) is 22.6 Å². The summed E-state index contributed by atoms with van der Waals surface area (Å²) in [6.45, 7) is 0. The molecule has 0 fully saturated rings. The van der Waals surface area contributed by atoms with Crippen molar-refractivity contribution in [3.05, 3.63) is 83.9 Å². The number of nitrogens with one attached hydrogen (secondary N) is 2. The second kappa shape index (κ2) is 10.4. The number of carboxylic acids is 1. The summed E-state index contributed by atoms with van der Waals surface area (Å²) in [5, 5.41) is 15.8. The third-order valence-corrected chi connectivity index (χ3v) is 5.67. The number of aliphatic carboxylic acids is 1. The van der Waals surface area contributed by atoms with E-state index in [9.17, 15) is 14.4 Å². The maximum absolute atomic E-state index is 12.9. The molecule has 0 aliphatic rings. The second-order valence-electron chi connectivity index (χ2n) is 5.92. The highest BCUT2D eigenvalue weighted by Crippen LogP contribution is 2.37. The minimum Gasteiger partial charge on any atom is -0.478 e. The second-order valence-corrected chi connectivity index (χ2v) is 8.00. The van der Waals surface area contributed by atoms with Gasteiger partial charge in [-0.1, -0.05) is 36.4 Å². The van der Waals surface area contributed by atoms with Crippen molar-refractivity contribution in [1.29, 1.82) is 0 Å². The van der Waals surface area contributed by atoms with Gasteiger partial charge in [-0.2, -0.15) is 0 Å². The third-order valence-electron chi connectivity index (χ3n) is 3.74. The Morgan fingerprint density at radius 2 is 1.83 bits per heavy atom. The molecule has 3 aromatic rings. The van der Waals surface area contributed by atoms with Crippen LogP contribution in [-0.4, -0.2) is 27.9 Å². The molecule has 0 bridgehead atoms. The van der Waals surface area contributed by atoms with Crippen LogP contribution in [0.2, 0.25) is 0 Å². The molecule has 3 N–H and O–H groups in total. The summed E-state index contributed by atoms with van der Waals surface area (Å²) in [5.74, 6) is -1.97. The van der Waals surface area contributed by atoms with Crippen LogP contribution >= 0.6 is 23.1 Å². The number of benzene rings is 2. The largest absolute Gasteiger partial charge is 0.478 e. The van der Waals surface area contributed by atoms with Crippen LogP contribution in [0.1, 0.15) is 10.8 Å². The van der Waals surface area contributed by atoms with Gasteiger partial charge in [0, 0.05) is 34.3 Å². The summed E-state index contributed by atoms with van der Waals surface area (Å²) in [4.78, 5) is 40.1. The summed E-state index contributed by atoms with van der Waals surface area (Å²) in [6, 6.07) is 16.4. The zero-order valence-electron chi connectivity index (χ0n) is 15.5. The molecule has 2 amide bonds. The number of thiazole rings is 1. The number of nitrogens with zero attached hydrogens (tertiary/aromatic N) is 1. The van der Waals surface area contributed by atoms with Crippen molar-refractivity contribution in [2.45, 2.75) is 10.1 Å². The molecule has 2 aromatic carbocycles. The predicted molar refractivity (Wildman–Crippen MR) is 118 cm³/mol. The first-order valence-corrected chi connectivity index (χ1v) is 10.5. The van der Waals surface area contributed by atoms with Gasteiger partial charge in [-0.05, 0) is 23.8 Å². The Hall–Kier alpha value is -3.43. The molecule has 0 aliphatic heterocycles. The van der Waals surface area contributed by atoms with Crippen molar-refractivity contribution < 1.29 is 19.5 Å². The highest BCUT2D eigenvalue weighted by Gasteiger charge is 2.23. The van der Waals surface area contributed by atoms with Crippen molar-refractivity contribution in [2.24, 2.45) is 0 Å². The Morgan fingerprint density at radius 3 is 2.53 bits per heavy atom. The molecule has 0 saturated heterocycles. The van der Waals surface area contributed by atoms with E-state index < -0.39 is 17.1 Å². The van der Waals surface area contributed by atoms with Crippen LogP contribution in [0.15, 0.2) is 83.2 Å². The zero-order valence-corrected chi connectivity index (χ0v) is 17.2. The van der Waals surface area contributed by atoms with Crippen LogP contribution < -0.4 is 10.6 Å². The predicted octanol–water partition coefficient (Wildman–Crippen LogP) is 4.19. The molecule has 1 aromatic heterocycles. The Balaban J connectivity index is 1.78. The summed E-state index contributed by atoms with van der Waals surface area (Å²) in [5.41, 5.74) is 1.32. The monoisotopic (exact) mass is 439 g/mol. The van der Waals surface area contributed by atoms with Crippen molar-refractivity contribution in [3.63, 3.8) is 0 Å². The zero-order chi connectivity index (χ0) is 21.3. The topological polar surface area (TPSA) is 108 Å². The molecule has 0 saturated carbocycles. The van der Waals surface area contributed by atoms with Gasteiger partial charge in [0.2, 0.25) is 11.8 Å². The van der Waals surface area contributed by atoms with Gasteiger partial charge in [0.1, 0.15) is 5.25 Å². The Labute approximate surface area is 180 Å². The highest BCUT2D eigenvalue weighted by molar-refractivity contribution is 8.00. The number of thioether (sulfide) groups is 1. The maximum Gasteiger partial charge on any atom is 0.328 e. The quantitative estimate of drug-likeness (QED) is 0.359. The lowest BCUT2D eigenvalue weighted by atomic mass is 10.1. The Kier molecular flexibility index (Phi) is 7.36. The summed E-state index contributed by atoms with van der Waals surface area (Å²) in [7, 11) is 0. The van der Waals surface area contributed by atoms with Gasteiger partial charge in [0.05, 0.1) is 0 Å². The molecule has 1 heterocycles. The first-order valence-electron chi connectivity index (χ1n) is 8.75. The fourth-order valence-corrected chi connectivity index (χ4v) is 4.09. The number of carboxylic acid groups (broad SMARTS) is 1. The van der Waals surface area contributed by atoms with Crippen LogP contribution in [0, 0.1) is 0 Å². The molecule has 3 rings (SSSR count). The van der Waals surface area contributed by atoms with E-state index in [0.29, 0.717) is 10.8 Å². The van der Waals surface area contributed by atoms with Gasteiger partial charge in [-0.15, -0.1) is 23.1 Å². The molecule has 1 unspecified atom stereocenters. The number of anilines is 2. The molecular formula is C21H17N3O4S2. The van der Waals surface area contributed by atoms with E-state index in [-0.39, 0.29) is 5.91 Å². The van der Waals surface area contributed by atoms with Crippen LogP contribution in [0.4, 0.5) is 10.8 Å². The molecule has 0 spiro atoms. The van der Waals surface area contributed by atoms with Crippen LogP contribution in [0.5, 0.6) is 0 Å². The van der Waals surface area contributed by atoms with Gasteiger partial charge in [0.25, 0.3) is 0 Å². The van der Waals surface area contributed by atoms with Gasteiger partial charge in [-0.25, -0.2) is 9.78 Å². The number of carbonyl (C=O) groups is 3. The van der Waals surface area contributed by atoms with Crippen LogP contribution in [-0.2, 0) is 14.4 Å². The number of rotatable bonds is 8. The smallest absolute Gasteiger partial charge is 0.328 e. The minimum absolute atomic E-state index is 0.208. The first-order chi connectivity index (χ1) is 14.5. The molecular weight excluding hydrogens is 422 g/mol. The number of amides is 2. The van der Waals surface area contributed by atoms with Gasteiger partial charge >= 0.3 is 5.97 Å². The SMILES string of the molecule is O=C(O)/C=C/C(=O)Nc1cccc(SC(C(=O)Nc2nccs2)c2ccccc2)c1. The van der Waals surface area contributed by atoms with Crippen LogP contribution in [0.3, 0.4) is 0 Å². The van der Waals surface area contributed by atoms with E-state index in [4.69, 9.17) is 5.11 Å². The Bertz CT molecular complexity index is 1050. The number of hydrogen-bond donors (Lipinski definition) is 3. The van der Waals surface area contributed by atoms with Gasteiger partial charge in [-0.3, -0.25) is 9.59 Å². The molecule has 152 valence electrons.